The third-order valence-electron chi connectivity index (χ3n) is 4.23. The topological polar surface area (TPSA) is 59.9 Å². The maximum Gasteiger partial charge on any atom is 0.265 e. The molecule has 148 valence electrons. The van der Waals surface area contributed by atoms with Crippen molar-refractivity contribution in [3.05, 3.63) is 95.1 Å². The average Bonchev–Trinajstić information content (AvgIpc) is 2.73. The van der Waals surface area contributed by atoms with E-state index in [-0.39, 0.29) is 12.5 Å². The molecule has 1 N–H and O–H groups in total. The Labute approximate surface area is 171 Å². The zero-order chi connectivity index (χ0) is 20.5. The van der Waals surface area contributed by atoms with Crippen LogP contribution in [-0.4, -0.2) is 18.7 Å². The van der Waals surface area contributed by atoms with Crippen molar-refractivity contribution in [3.8, 4) is 5.75 Å². The van der Waals surface area contributed by atoms with Crippen LogP contribution in [0.5, 0.6) is 5.75 Å². The molecule has 5 nitrogen and oxygen atoms in total. The second-order valence-corrected chi connectivity index (χ2v) is 6.73. The lowest BCUT2D eigenvalue weighted by Gasteiger charge is -2.09. The third kappa shape index (κ3) is 6.50. The molecule has 0 aliphatic carbocycles. The second kappa shape index (κ2) is 10.1. The summed E-state index contributed by atoms with van der Waals surface area (Å²) in [6.45, 7) is 4.34. The number of oxime groups is 1. The summed E-state index contributed by atoms with van der Waals surface area (Å²) in [5.74, 6) is 0.430. The van der Waals surface area contributed by atoms with Crippen LogP contribution >= 0.6 is 0 Å². The first kappa shape index (κ1) is 20.1. The summed E-state index contributed by atoms with van der Waals surface area (Å²) < 4.78 is 5.90. The Morgan fingerprint density at radius 3 is 2.31 bits per heavy atom. The van der Waals surface area contributed by atoms with Gasteiger partial charge in [0.1, 0.15) is 12.4 Å². The van der Waals surface area contributed by atoms with Crippen LogP contribution in [0.25, 0.3) is 0 Å². The molecule has 0 fully saturated rings. The lowest BCUT2D eigenvalue weighted by molar-refractivity contribution is -0.120. The van der Waals surface area contributed by atoms with E-state index < -0.39 is 0 Å². The Morgan fingerprint density at radius 2 is 1.59 bits per heavy atom. The number of nitrogens with one attached hydrogen (secondary N) is 1. The zero-order valence-electron chi connectivity index (χ0n) is 16.6. The first-order valence-corrected chi connectivity index (χ1v) is 9.39. The van der Waals surface area contributed by atoms with Crippen LogP contribution in [0.4, 0.5) is 5.69 Å². The van der Waals surface area contributed by atoms with Crippen LogP contribution in [0.3, 0.4) is 0 Å². The predicted octanol–water partition coefficient (Wildman–Crippen LogP) is 4.87. The largest absolute Gasteiger partial charge is 0.488 e. The van der Waals surface area contributed by atoms with Crippen LogP contribution in [0, 0.1) is 13.8 Å². The van der Waals surface area contributed by atoms with Gasteiger partial charge in [0.25, 0.3) is 5.91 Å². The highest BCUT2D eigenvalue weighted by molar-refractivity contribution is 5.91. The molecular formula is C24H24N2O3. The van der Waals surface area contributed by atoms with Gasteiger partial charge in [-0.25, -0.2) is 0 Å². The first-order chi connectivity index (χ1) is 14.1. The molecule has 29 heavy (non-hydrogen) atoms. The maximum atomic E-state index is 11.9. The molecule has 0 aromatic heterocycles. The van der Waals surface area contributed by atoms with Gasteiger partial charge in [-0.1, -0.05) is 64.8 Å². The summed E-state index contributed by atoms with van der Waals surface area (Å²) in [6, 6.07) is 23.3. The van der Waals surface area contributed by atoms with E-state index in [9.17, 15) is 4.79 Å². The molecule has 0 saturated carbocycles. The molecule has 0 aliphatic rings. The van der Waals surface area contributed by atoms with Crippen LogP contribution in [0.1, 0.15) is 22.3 Å². The number of benzene rings is 3. The number of aryl methyl sites for hydroxylation is 2. The minimum Gasteiger partial charge on any atom is -0.488 e. The number of carbonyl (C=O) groups is 1. The number of hydrogen-bond donors (Lipinski definition) is 1. The SMILES string of the molecule is Cc1ccc(COc2ccccc2/C=N/OCC(=O)Nc2ccc(C)cc2)cc1. The van der Waals surface area contributed by atoms with E-state index in [1.807, 2.05) is 67.6 Å². The van der Waals surface area contributed by atoms with Gasteiger partial charge in [0, 0.05) is 11.3 Å². The number of amides is 1. The number of nitrogens with zero attached hydrogens (tertiary/aromatic N) is 1. The highest BCUT2D eigenvalue weighted by Crippen LogP contribution is 2.18. The molecule has 0 aliphatic heterocycles. The molecule has 0 radical (unpaired) electrons. The fraction of sp³-hybridized carbons (Fsp3) is 0.167. The van der Waals surface area contributed by atoms with Crippen molar-refractivity contribution < 1.29 is 14.4 Å². The minimum atomic E-state index is -0.269. The highest BCUT2D eigenvalue weighted by atomic mass is 16.6. The predicted molar refractivity (Wildman–Crippen MR) is 115 cm³/mol. The second-order valence-electron chi connectivity index (χ2n) is 6.73. The number of hydrogen-bond acceptors (Lipinski definition) is 4. The Hall–Kier alpha value is -3.60. The molecule has 0 atom stereocenters. The van der Waals surface area contributed by atoms with E-state index in [2.05, 4.69) is 29.5 Å². The van der Waals surface area contributed by atoms with Crippen LogP contribution in [-0.2, 0) is 16.2 Å². The van der Waals surface area contributed by atoms with Crippen molar-refractivity contribution in [2.75, 3.05) is 11.9 Å². The Morgan fingerprint density at radius 1 is 0.931 bits per heavy atom. The lowest BCUT2D eigenvalue weighted by Crippen LogP contribution is -2.16. The smallest absolute Gasteiger partial charge is 0.265 e. The number of rotatable bonds is 8. The van der Waals surface area contributed by atoms with E-state index in [4.69, 9.17) is 9.57 Å². The molecule has 5 heteroatoms. The summed E-state index contributed by atoms with van der Waals surface area (Å²) in [6.07, 6.45) is 1.55. The van der Waals surface area contributed by atoms with Gasteiger partial charge >= 0.3 is 0 Å². The Kier molecular flexibility index (Phi) is 7.00. The maximum absolute atomic E-state index is 11.9. The number of ether oxygens (including phenoxy) is 1. The number of para-hydroxylation sites is 1. The fourth-order valence-corrected chi connectivity index (χ4v) is 2.59. The van der Waals surface area contributed by atoms with Gasteiger partial charge in [-0.15, -0.1) is 0 Å². The molecule has 3 rings (SSSR count). The van der Waals surface area contributed by atoms with Gasteiger partial charge in [-0.2, -0.15) is 0 Å². The van der Waals surface area contributed by atoms with Crippen LogP contribution in [0.2, 0.25) is 0 Å². The van der Waals surface area contributed by atoms with Crippen LogP contribution in [0.15, 0.2) is 78.0 Å². The van der Waals surface area contributed by atoms with E-state index in [0.717, 1.165) is 22.4 Å². The van der Waals surface area contributed by atoms with E-state index in [1.54, 1.807) is 6.21 Å². The van der Waals surface area contributed by atoms with Gasteiger partial charge in [0.05, 0.1) is 6.21 Å². The van der Waals surface area contributed by atoms with Crippen molar-refractivity contribution in [2.45, 2.75) is 20.5 Å². The molecule has 0 saturated heterocycles. The highest BCUT2D eigenvalue weighted by Gasteiger charge is 2.04. The summed E-state index contributed by atoms with van der Waals surface area (Å²) in [4.78, 5) is 17.1. The normalized spacial score (nSPS) is 10.7. The van der Waals surface area contributed by atoms with E-state index >= 15 is 0 Å². The summed E-state index contributed by atoms with van der Waals surface area (Å²) in [7, 11) is 0. The average molecular weight is 388 g/mol. The van der Waals surface area contributed by atoms with E-state index in [1.165, 1.54) is 5.56 Å². The van der Waals surface area contributed by atoms with Gasteiger partial charge in [-0.3, -0.25) is 4.79 Å². The number of carbonyl (C=O) groups excluding carboxylic acids is 1. The summed E-state index contributed by atoms with van der Waals surface area (Å²) in [5, 5.41) is 6.66. The third-order valence-corrected chi connectivity index (χ3v) is 4.23. The summed E-state index contributed by atoms with van der Waals surface area (Å²) >= 11 is 0. The first-order valence-electron chi connectivity index (χ1n) is 9.39. The molecule has 3 aromatic carbocycles. The molecule has 1 amide bonds. The monoisotopic (exact) mass is 388 g/mol. The molecule has 3 aromatic rings. The number of anilines is 1. The lowest BCUT2D eigenvalue weighted by atomic mass is 10.1. The van der Waals surface area contributed by atoms with Gasteiger partial charge < -0.3 is 14.9 Å². The van der Waals surface area contributed by atoms with Crippen molar-refractivity contribution in [2.24, 2.45) is 5.16 Å². The van der Waals surface area contributed by atoms with Gasteiger partial charge in [-0.05, 0) is 43.7 Å². The fourth-order valence-electron chi connectivity index (χ4n) is 2.59. The molecule has 0 unspecified atom stereocenters. The summed E-state index contributed by atoms with van der Waals surface area (Å²) in [5.41, 5.74) is 4.94. The quantitative estimate of drug-likeness (QED) is 0.442. The van der Waals surface area contributed by atoms with Gasteiger partial charge in [0.15, 0.2) is 6.61 Å². The van der Waals surface area contributed by atoms with Crippen molar-refractivity contribution in [1.29, 1.82) is 0 Å². The van der Waals surface area contributed by atoms with E-state index in [0.29, 0.717) is 12.4 Å². The standard InChI is InChI=1S/C24H24N2O3/c1-18-7-11-20(12-8-18)16-28-23-6-4-3-5-21(23)15-25-29-17-24(27)26-22-13-9-19(2)10-14-22/h3-15H,16-17H2,1-2H3,(H,26,27)/b25-15+. The van der Waals surface area contributed by atoms with Crippen molar-refractivity contribution in [3.63, 3.8) is 0 Å². The molecule has 0 bridgehead atoms. The minimum absolute atomic E-state index is 0.170. The molecule has 0 heterocycles. The van der Waals surface area contributed by atoms with Gasteiger partial charge in [0.2, 0.25) is 0 Å². The zero-order valence-corrected chi connectivity index (χ0v) is 16.6. The Balaban J connectivity index is 1.50. The molecular weight excluding hydrogens is 364 g/mol. The van der Waals surface area contributed by atoms with Crippen LogP contribution < -0.4 is 10.1 Å². The molecule has 0 spiro atoms. The van der Waals surface area contributed by atoms with Crippen molar-refractivity contribution in [1.82, 2.24) is 0 Å². The Bertz CT molecular complexity index is 964. The van der Waals surface area contributed by atoms with Crippen molar-refractivity contribution >= 4 is 17.8 Å².